The summed E-state index contributed by atoms with van der Waals surface area (Å²) in [6.07, 6.45) is 4.83. The molecule has 1 aromatic carbocycles. The van der Waals surface area contributed by atoms with Crippen LogP contribution in [-0.2, 0) is 23.2 Å². The predicted molar refractivity (Wildman–Crippen MR) is 137 cm³/mol. The van der Waals surface area contributed by atoms with Crippen LogP contribution in [0.2, 0.25) is 0 Å². The Morgan fingerprint density at radius 1 is 1.17 bits per heavy atom. The largest absolute Gasteiger partial charge is 0.485 e. The van der Waals surface area contributed by atoms with E-state index in [0.29, 0.717) is 24.0 Å². The molecule has 8 nitrogen and oxygen atoms in total. The van der Waals surface area contributed by atoms with Gasteiger partial charge in [-0.1, -0.05) is 24.0 Å². The molecule has 4 rings (SSSR count). The number of ether oxygens (including phenoxy) is 1. The van der Waals surface area contributed by atoms with Crippen molar-refractivity contribution < 1.29 is 14.6 Å². The number of sulfonamides is 1. The van der Waals surface area contributed by atoms with E-state index in [2.05, 4.69) is 39.7 Å². The number of hydrogen-bond acceptors (Lipinski definition) is 6. The Morgan fingerprint density at radius 2 is 1.83 bits per heavy atom. The van der Waals surface area contributed by atoms with E-state index < -0.39 is 10.0 Å². The number of aromatic nitrogens is 3. The van der Waals surface area contributed by atoms with Gasteiger partial charge in [0.1, 0.15) is 17.3 Å². The summed E-state index contributed by atoms with van der Waals surface area (Å²) in [6.45, 7) is 8.30. The highest BCUT2D eigenvalue weighted by Crippen LogP contribution is 2.27. The smallest absolute Gasteiger partial charge is 0.254 e. The summed E-state index contributed by atoms with van der Waals surface area (Å²) in [5, 5.41) is 0. The number of rotatable bonds is 7. The van der Waals surface area contributed by atoms with Crippen LogP contribution < -0.4 is 15.0 Å². The molecular weight excluding hydrogens is 464 g/mol. The summed E-state index contributed by atoms with van der Waals surface area (Å²) >= 11 is 0. The topological polar surface area (TPSA) is 103 Å². The molecule has 2 aromatic heterocycles. The van der Waals surface area contributed by atoms with Gasteiger partial charge in [0.25, 0.3) is 5.56 Å². The van der Waals surface area contributed by atoms with E-state index in [-0.39, 0.29) is 18.5 Å². The molecule has 35 heavy (non-hydrogen) atoms. The Kier molecular flexibility index (Phi) is 8.58. The number of benzene rings is 1. The fourth-order valence-corrected chi connectivity index (χ4v) is 3.71. The van der Waals surface area contributed by atoms with Crippen LogP contribution >= 0.6 is 0 Å². The first-order valence-corrected chi connectivity index (χ1v) is 12.5. The van der Waals surface area contributed by atoms with E-state index in [4.69, 9.17) is 4.74 Å². The van der Waals surface area contributed by atoms with Gasteiger partial charge in [0.15, 0.2) is 5.82 Å². The zero-order valence-electron chi connectivity index (χ0n) is 19.8. The molecule has 0 saturated heterocycles. The third-order valence-corrected chi connectivity index (χ3v) is 6.60. The minimum Gasteiger partial charge on any atom is -0.485 e. The van der Waals surface area contributed by atoms with Gasteiger partial charge in [-0.15, -0.1) is 13.2 Å². The number of pyridine rings is 1. The van der Waals surface area contributed by atoms with Gasteiger partial charge in [-0.2, -0.15) is 0 Å². The molecule has 1 N–H and O–H groups in total. The predicted octanol–water partition coefficient (Wildman–Crippen LogP) is 3.29. The van der Waals surface area contributed by atoms with Crippen LogP contribution in [0.15, 0.2) is 71.6 Å². The van der Waals surface area contributed by atoms with E-state index in [9.17, 15) is 13.2 Å². The zero-order valence-corrected chi connectivity index (χ0v) is 20.6. The molecule has 9 heteroatoms. The average Bonchev–Trinajstić information content (AvgIpc) is 3.70. The van der Waals surface area contributed by atoms with Crippen LogP contribution in [0, 0.1) is 24.7 Å². The highest BCUT2D eigenvalue weighted by Gasteiger charge is 2.17. The summed E-state index contributed by atoms with van der Waals surface area (Å²) in [5.41, 5.74) is 2.57. The number of nitrogens with one attached hydrogen (secondary N) is 1. The molecule has 0 aliphatic heterocycles. The van der Waals surface area contributed by atoms with Crippen molar-refractivity contribution in [1.29, 1.82) is 0 Å². The molecule has 0 atom stereocenters. The van der Waals surface area contributed by atoms with Crippen molar-refractivity contribution in [3.8, 4) is 17.6 Å². The fourth-order valence-electron chi connectivity index (χ4n) is 3.10. The minimum atomic E-state index is -3.60. The lowest BCUT2D eigenvalue weighted by molar-refractivity contribution is 0.294. The van der Waals surface area contributed by atoms with Crippen LogP contribution in [0.4, 0.5) is 0 Å². The third-order valence-electron chi connectivity index (χ3n) is 5.23. The lowest BCUT2D eigenvalue weighted by Gasteiger charge is -2.12. The third kappa shape index (κ3) is 7.12. The summed E-state index contributed by atoms with van der Waals surface area (Å²) in [6, 6.07) is 11.1. The maximum Gasteiger partial charge on any atom is 0.254 e. The molecule has 0 unspecified atom stereocenters. The lowest BCUT2D eigenvalue weighted by atomic mass is 10.1. The molecule has 3 aromatic rings. The van der Waals surface area contributed by atoms with E-state index in [1.54, 1.807) is 10.6 Å². The van der Waals surface area contributed by atoms with Gasteiger partial charge < -0.3 is 9.30 Å². The Balaban J connectivity index is 0.00000148. The number of aryl methyl sites for hydroxylation is 1. The fraction of sp³-hybridized carbons (Fsp3) is 0.269. The van der Waals surface area contributed by atoms with Gasteiger partial charge in [-0.25, -0.2) is 23.1 Å². The van der Waals surface area contributed by atoms with Crippen molar-refractivity contribution in [2.45, 2.75) is 37.8 Å². The van der Waals surface area contributed by atoms with Gasteiger partial charge in [0.05, 0.1) is 18.9 Å². The SMILES string of the molecule is C=C.CNS(=O)(=O)c1cnc(COc2cc(C)n(Cc3ccc(C#CC4CC4)cc3)c(=O)c2)nc1.[HH]. The summed E-state index contributed by atoms with van der Waals surface area (Å²) in [5.74, 6) is 7.70. The van der Waals surface area contributed by atoms with Crippen molar-refractivity contribution in [2.24, 2.45) is 5.92 Å². The van der Waals surface area contributed by atoms with Crippen LogP contribution in [-0.4, -0.2) is 30.0 Å². The van der Waals surface area contributed by atoms with Crippen LogP contribution in [0.1, 0.15) is 36.9 Å². The van der Waals surface area contributed by atoms with Gasteiger partial charge >= 0.3 is 0 Å². The molecule has 0 bridgehead atoms. The van der Waals surface area contributed by atoms with Gasteiger partial charge in [-0.05, 0) is 50.6 Å². The Morgan fingerprint density at radius 3 is 2.40 bits per heavy atom. The average molecular weight is 495 g/mol. The van der Waals surface area contributed by atoms with E-state index in [1.165, 1.54) is 38.3 Å². The first-order valence-electron chi connectivity index (χ1n) is 11.0. The maximum atomic E-state index is 12.7. The molecule has 184 valence electrons. The molecule has 1 fully saturated rings. The van der Waals surface area contributed by atoms with Crippen LogP contribution in [0.3, 0.4) is 0 Å². The maximum absolute atomic E-state index is 12.7. The van der Waals surface area contributed by atoms with E-state index >= 15 is 0 Å². The standard InChI is InChI=1S/C24H24N4O4S.C2H4.H2/c1-17-11-21(32-16-23-26-13-22(14-27-23)33(30,31)25-2)12-24(29)28(17)15-20-9-7-19(8-10-20)6-5-18-3-4-18;1-2;/h7-14,18,25H,3-4,15-16H2,1-2H3;1-2H2;1H. The highest BCUT2D eigenvalue weighted by atomic mass is 32.2. The number of nitrogens with zero attached hydrogens (tertiary/aromatic N) is 3. The van der Waals surface area contributed by atoms with Crippen molar-refractivity contribution in [3.63, 3.8) is 0 Å². The normalized spacial score (nSPS) is 12.6. The quantitative estimate of drug-likeness (QED) is 0.399. The van der Waals surface area contributed by atoms with Crippen molar-refractivity contribution in [1.82, 2.24) is 19.3 Å². The molecular formula is C26H30N4O4S. The Bertz CT molecular complexity index is 1390. The Labute approximate surface area is 207 Å². The van der Waals surface area contributed by atoms with Crippen molar-refractivity contribution in [3.05, 3.63) is 94.9 Å². The first kappa shape index (κ1) is 25.9. The van der Waals surface area contributed by atoms with Gasteiger partial charge in [-0.3, -0.25) is 4.79 Å². The second-order valence-corrected chi connectivity index (χ2v) is 9.72. The zero-order chi connectivity index (χ0) is 25.4. The second-order valence-electron chi connectivity index (χ2n) is 7.83. The Hall–Kier alpha value is -3.74. The van der Waals surface area contributed by atoms with Crippen molar-refractivity contribution >= 4 is 10.0 Å². The number of hydrogen-bond donors (Lipinski definition) is 1. The van der Waals surface area contributed by atoms with Crippen molar-refractivity contribution in [2.75, 3.05) is 7.05 Å². The van der Waals surface area contributed by atoms with Crippen LogP contribution in [0.5, 0.6) is 5.75 Å². The van der Waals surface area contributed by atoms with E-state index in [0.717, 1.165) is 16.8 Å². The lowest BCUT2D eigenvalue weighted by Crippen LogP contribution is -2.22. The van der Waals surface area contributed by atoms with Gasteiger partial charge in [0.2, 0.25) is 10.0 Å². The van der Waals surface area contributed by atoms with Gasteiger partial charge in [0, 0.05) is 24.7 Å². The van der Waals surface area contributed by atoms with E-state index in [1.807, 2.05) is 31.2 Å². The minimum absolute atomic E-state index is 0. The second kappa shape index (κ2) is 11.6. The molecule has 0 amide bonds. The summed E-state index contributed by atoms with van der Waals surface area (Å²) < 4.78 is 33.0. The summed E-state index contributed by atoms with van der Waals surface area (Å²) in [7, 11) is -2.28. The van der Waals surface area contributed by atoms with Crippen LogP contribution in [0.25, 0.3) is 0 Å². The molecule has 1 aliphatic carbocycles. The monoisotopic (exact) mass is 494 g/mol. The molecule has 1 saturated carbocycles. The molecule has 0 spiro atoms. The molecule has 2 heterocycles. The first-order chi connectivity index (χ1) is 16.8. The molecule has 0 radical (unpaired) electrons. The molecule has 1 aliphatic rings. The highest BCUT2D eigenvalue weighted by molar-refractivity contribution is 7.89. The summed E-state index contributed by atoms with van der Waals surface area (Å²) in [4.78, 5) is 20.7.